The Morgan fingerprint density at radius 3 is 2.70 bits per heavy atom. The van der Waals surface area contributed by atoms with Crippen molar-refractivity contribution in [2.75, 3.05) is 11.5 Å². The largest absolute Gasteiger partial charge is 0.455 e. The number of rotatable bonds is 4. The second-order valence-electron chi connectivity index (χ2n) is 4.80. The molecule has 0 radical (unpaired) electrons. The molecular formula is C14H18N4O2. The van der Waals surface area contributed by atoms with Gasteiger partial charge in [-0.25, -0.2) is 4.79 Å². The fourth-order valence-electron chi connectivity index (χ4n) is 1.73. The third-order valence-corrected chi connectivity index (χ3v) is 2.84. The molecule has 106 valence electrons. The molecule has 0 aliphatic heterocycles. The summed E-state index contributed by atoms with van der Waals surface area (Å²) >= 11 is 0. The molecule has 1 aromatic heterocycles. The minimum atomic E-state index is -0.485. The SMILES string of the molecule is CC(C)n1ccc(COC(=O)c2ccc(N)cc2N)n1. The molecule has 0 aliphatic rings. The van der Waals surface area contributed by atoms with Gasteiger partial charge in [0.15, 0.2) is 0 Å². The van der Waals surface area contributed by atoms with Gasteiger partial charge in [0.2, 0.25) is 0 Å². The Hall–Kier alpha value is -2.50. The van der Waals surface area contributed by atoms with Gasteiger partial charge < -0.3 is 16.2 Å². The fourth-order valence-corrected chi connectivity index (χ4v) is 1.73. The Morgan fingerprint density at radius 2 is 2.10 bits per heavy atom. The molecule has 0 spiro atoms. The van der Waals surface area contributed by atoms with E-state index in [1.54, 1.807) is 16.8 Å². The predicted molar refractivity (Wildman–Crippen MR) is 77.0 cm³/mol. The van der Waals surface area contributed by atoms with E-state index in [2.05, 4.69) is 5.10 Å². The lowest BCUT2D eigenvalue weighted by Gasteiger charge is -2.07. The highest BCUT2D eigenvalue weighted by Crippen LogP contribution is 2.17. The number of nitrogen functional groups attached to an aromatic ring is 2. The molecule has 2 aromatic rings. The molecule has 6 heteroatoms. The number of aromatic nitrogens is 2. The first-order chi connectivity index (χ1) is 9.47. The van der Waals surface area contributed by atoms with Crippen molar-refractivity contribution < 1.29 is 9.53 Å². The first-order valence-corrected chi connectivity index (χ1v) is 6.33. The summed E-state index contributed by atoms with van der Waals surface area (Å²) in [5.74, 6) is -0.485. The molecule has 0 amide bonds. The van der Waals surface area contributed by atoms with E-state index in [-0.39, 0.29) is 12.6 Å². The summed E-state index contributed by atoms with van der Waals surface area (Å²) < 4.78 is 7.00. The van der Waals surface area contributed by atoms with Crippen molar-refractivity contribution in [1.82, 2.24) is 9.78 Å². The Kier molecular flexibility index (Phi) is 3.93. The number of hydrogen-bond acceptors (Lipinski definition) is 5. The summed E-state index contributed by atoms with van der Waals surface area (Å²) in [7, 11) is 0. The highest BCUT2D eigenvalue weighted by Gasteiger charge is 2.12. The molecule has 0 saturated heterocycles. The minimum absolute atomic E-state index is 0.113. The van der Waals surface area contributed by atoms with Crippen molar-refractivity contribution in [3.05, 3.63) is 41.7 Å². The predicted octanol–water partition coefficient (Wildman–Crippen LogP) is 1.99. The molecular weight excluding hydrogens is 256 g/mol. The standard InChI is InChI=1S/C14H18N4O2/c1-9(2)18-6-5-11(17-18)8-20-14(19)12-4-3-10(15)7-13(12)16/h3-7,9H,8,15-16H2,1-2H3. The van der Waals surface area contributed by atoms with Crippen molar-refractivity contribution in [1.29, 1.82) is 0 Å². The summed E-state index contributed by atoms with van der Waals surface area (Å²) in [6, 6.07) is 6.79. The quantitative estimate of drug-likeness (QED) is 0.656. The molecule has 6 nitrogen and oxygen atoms in total. The molecule has 0 aliphatic carbocycles. The molecule has 20 heavy (non-hydrogen) atoms. The van der Waals surface area contributed by atoms with Gasteiger partial charge in [-0.1, -0.05) is 0 Å². The van der Waals surface area contributed by atoms with E-state index in [1.807, 2.05) is 26.1 Å². The van der Waals surface area contributed by atoms with Crippen molar-refractivity contribution in [3.8, 4) is 0 Å². The highest BCUT2D eigenvalue weighted by atomic mass is 16.5. The van der Waals surface area contributed by atoms with Crippen LogP contribution >= 0.6 is 0 Å². The summed E-state index contributed by atoms with van der Waals surface area (Å²) in [4.78, 5) is 11.9. The van der Waals surface area contributed by atoms with Crippen LogP contribution in [0.15, 0.2) is 30.5 Å². The first kappa shape index (κ1) is 13.9. The van der Waals surface area contributed by atoms with Crippen molar-refractivity contribution >= 4 is 17.3 Å². The van der Waals surface area contributed by atoms with Crippen molar-refractivity contribution in [3.63, 3.8) is 0 Å². The maximum Gasteiger partial charge on any atom is 0.340 e. The molecule has 0 bridgehead atoms. The van der Waals surface area contributed by atoms with Crippen LogP contribution in [-0.4, -0.2) is 15.7 Å². The molecule has 0 unspecified atom stereocenters. The highest BCUT2D eigenvalue weighted by molar-refractivity contribution is 5.95. The number of benzene rings is 1. The van der Waals surface area contributed by atoms with E-state index in [9.17, 15) is 4.79 Å². The smallest absolute Gasteiger partial charge is 0.340 e. The Bertz CT molecular complexity index is 619. The lowest BCUT2D eigenvalue weighted by atomic mass is 10.1. The van der Waals surface area contributed by atoms with Crippen molar-refractivity contribution in [2.24, 2.45) is 0 Å². The molecule has 4 N–H and O–H groups in total. The van der Waals surface area contributed by atoms with Crippen LogP contribution in [0, 0.1) is 0 Å². The van der Waals surface area contributed by atoms with Gasteiger partial charge in [-0.2, -0.15) is 5.10 Å². The maximum absolute atomic E-state index is 11.9. The van der Waals surface area contributed by atoms with Gasteiger partial charge in [-0.15, -0.1) is 0 Å². The van der Waals surface area contributed by atoms with Crippen LogP contribution < -0.4 is 11.5 Å². The van der Waals surface area contributed by atoms with Crippen LogP contribution in [0.1, 0.15) is 35.9 Å². The van der Waals surface area contributed by atoms with Crippen LogP contribution in [0.25, 0.3) is 0 Å². The fraction of sp³-hybridized carbons (Fsp3) is 0.286. The lowest BCUT2D eigenvalue weighted by molar-refractivity contribution is 0.0468. The molecule has 0 atom stereocenters. The van der Waals surface area contributed by atoms with E-state index in [0.717, 1.165) is 0 Å². The van der Waals surface area contributed by atoms with E-state index in [0.29, 0.717) is 22.6 Å². The number of esters is 1. The Labute approximate surface area is 117 Å². The number of ether oxygens (including phenoxy) is 1. The van der Waals surface area contributed by atoms with Gasteiger partial charge in [0.1, 0.15) is 6.61 Å². The van der Waals surface area contributed by atoms with E-state index >= 15 is 0 Å². The zero-order chi connectivity index (χ0) is 14.7. The second-order valence-corrected chi connectivity index (χ2v) is 4.80. The van der Waals surface area contributed by atoms with Gasteiger partial charge in [-0.3, -0.25) is 4.68 Å². The van der Waals surface area contributed by atoms with E-state index in [4.69, 9.17) is 16.2 Å². The van der Waals surface area contributed by atoms with E-state index in [1.165, 1.54) is 6.07 Å². The maximum atomic E-state index is 11.9. The van der Waals surface area contributed by atoms with Crippen LogP contribution in [0.3, 0.4) is 0 Å². The van der Waals surface area contributed by atoms with Crippen molar-refractivity contribution in [2.45, 2.75) is 26.5 Å². The Morgan fingerprint density at radius 1 is 1.35 bits per heavy atom. The van der Waals surface area contributed by atoms with Crippen LogP contribution in [0.2, 0.25) is 0 Å². The zero-order valence-electron chi connectivity index (χ0n) is 11.5. The van der Waals surface area contributed by atoms with Gasteiger partial charge >= 0.3 is 5.97 Å². The molecule has 1 aromatic carbocycles. The number of carbonyl (C=O) groups excluding carboxylic acids is 1. The summed E-state index contributed by atoms with van der Waals surface area (Å²) in [6.45, 7) is 4.16. The van der Waals surface area contributed by atoms with E-state index < -0.39 is 5.97 Å². The normalized spacial score (nSPS) is 10.8. The summed E-state index contributed by atoms with van der Waals surface area (Å²) in [6.07, 6.45) is 1.85. The number of anilines is 2. The number of nitrogens with two attached hydrogens (primary N) is 2. The van der Waals surface area contributed by atoms with Gasteiger partial charge in [0.25, 0.3) is 0 Å². The second kappa shape index (κ2) is 5.64. The average molecular weight is 274 g/mol. The van der Waals surface area contributed by atoms with Gasteiger partial charge in [0.05, 0.1) is 11.3 Å². The number of hydrogen-bond donors (Lipinski definition) is 2. The number of carbonyl (C=O) groups is 1. The molecule has 1 heterocycles. The third kappa shape index (κ3) is 3.09. The average Bonchev–Trinajstić information content (AvgIpc) is 2.85. The summed E-state index contributed by atoms with van der Waals surface area (Å²) in [5.41, 5.74) is 13.1. The van der Waals surface area contributed by atoms with Gasteiger partial charge in [0, 0.05) is 23.6 Å². The number of nitrogens with zero attached hydrogens (tertiary/aromatic N) is 2. The lowest BCUT2D eigenvalue weighted by Crippen LogP contribution is -2.09. The molecule has 0 fully saturated rings. The van der Waals surface area contributed by atoms with Crippen LogP contribution in [0.4, 0.5) is 11.4 Å². The third-order valence-electron chi connectivity index (χ3n) is 2.84. The first-order valence-electron chi connectivity index (χ1n) is 6.33. The molecule has 2 rings (SSSR count). The van der Waals surface area contributed by atoms with Crippen LogP contribution in [0.5, 0.6) is 0 Å². The van der Waals surface area contributed by atoms with Gasteiger partial charge in [-0.05, 0) is 38.1 Å². The monoisotopic (exact) mass is 274 g/mol. The zero-order valence-corrected chi connectivity index (χ0v) is 11.5. The Balaban J connectivity index is 2.01. The topological polar surface area (TPSA) is 96.2 Å². The van der Waals surface area contributed by atoms with Crippen LogP contribution in [-0.2, 0) is 11.3 Å². The molecule has 0 saturated carbocycles. The minimum Gasteiger partial charge on any atom is -0.455 e. The summed E-state index contributed by atoms with van der Waals surface area (Å²) in [5, 5.41) is 4.30.